The minimum Gasteiger partial charge on any atom is -0.441 e. The molecule has 0 fully saturated rings. The zero-order chi connectivity index (χ0) is 11.8. The fourth-order valence-corrected chi connectivity index (χ4v) is 1.56. The van der Waals surface area contributed by atoms with E-state index in [2.05, 4.69) is 4.98 Å². The molecule has 0 saturated heterocycles. The van der Waals surface area contributed by atoms with Crippen LogP contribution in [0.1, 0.15) is 18.4 Å². The monoisotopic (exact) mass is 220 g/mol. The van der Waals surface area contributed by atoms with Crippen LogP contribution in [-0.4, -0.2) is 22.2 Å². The third kappa shape index (κ3) is 2.23. The highest BCUT2D eigenvalue weighted by Crippen LogP contribution is 2.19. The number of hydrogen-bond acceptors (Lipinski definition) is 4. The van der Waals surface area contributed by atoms with E-state index >= 15 is 0 Å². The molecule has 1 aromatic heterocycles. The lowest BCUT2D eigenvalue weighted by Gasteiger charge is -2.18. The largest absolute Gasteiger partial charge is 0.441 e. The van der Waals surface area contributed by atoms with Crippen LogP contribution >= 0.6 is 0 Å². The normalized spacial score (nSPS) is 15.2. The maximum absolute atomic E-state index is 9.83. The van der Waals surface area contributed by atoms with Crippen LogP contribution in [0, 0.1) is 6.92 Å². The zero-order valence-corrected chi connectivity index (χ0v) is 9.53. The Hall–Kier alpha value is -1.39. The first-order chi connectivity index (χ1) is 7.50. The van der Waals surface area contributed by atoms with Crippen molar-refractivity contribution in [1.29, 1.82) is 0 Å². The standard InChI is InChI=1S/C12H16N2O2/c1-8-3-4-10-9(5-8)14-11(16-10)6-12(2,15)7-13/h3-5,15H,6-7,13H2,1-2H3. The molecule has 0 radical (unpaired) electrons. The molecule has 1 heterocycles. The summed E-state index contributed by atoms with van der Waals surface area (Å²) in [4.78, 5) is 4.32. The Morgan fingerprint density at radius 2 is 2.25 bits per heavy atom. The predicted molar refractivity (Wildman–Crippen MR) is 62.1 cm³/mol. The number of rotatable bonds is 3. The Morgan fingerprint density at radius 3 is 2.94 bits per heavy atom. The highest BCUT2D eigenvalue weighted by atomic mass is 16.4. The summed E-state index contributed by atoms with van der Waals surface area (Å²) < 4.78 is 5.53. The van der Waals surface area contributed by atoms with Gasteiger partial charge in [0.25, 0.3) is 0 Å². The first-order valence-electron chi connectivity index (χ1n) is 5.29. The second-order valence-corrected chi connectivity index (χ2v) is 4.46. The molecule has 0 bridgehead atoms. The Morgan fingerprint density at radius 1 is 1.50 bits per heavy atom. The van der Waals surface area contributed by atoms with Crippen LogP contribution in [0.2, 0.25) is 0 Å². The van der Waals surface area contributed by atoms with Crippen molar-refractivity contribution in [3.63, 3.8) is 0 Å². The second-order valence-electron chi connectivity index (χ2n) is 4.46. The molecule has 0 aliphatic rings. The van der Waals surface area contributed by atoms with E-state index in [0.717, 1.165) is 16.7 Å². The molecule has 0 aliphatic carbocycles. The molecule has 1 atom stereocenters. The van der Waals surface area contributed by atoms with Crippen LogP contribution in [0.25, 0.3) is 11.1 Å². The Kier molecular flexibility index (Phi) is 2.69. The second kappa shape index (κ2) is 3.88. The fraction of sp³-hybridized carbons (Fsp3) is 0.417. The quantitative estimate of drug-likeness (QED) is 0.819. The van der Waals surface area contributed by atoms with Crippen molar-refractivity contribution < 1.29 is 9.52 Å². The van der Waals surface area contributed by atoms with Crippen LogP contribution in [0.4, 0.5) is 0 Å². The SMILES string of the molecule is Cc1ccc2oc(CC(C)(O)CN)nc2c1. The van der Waals surface area contributed by atoms with Crippen LogP contribution in [0.5, 0.6) is 0 Å². The van der Waals surface area contributed by atoms with Crippen molar-refractivity contribution in [3.8, 4) is 0 Å². The lowest BCUT2D eigenvalue weighted by molar-refractivity contribution is 0.0632. The lowest BCUT2D eigenvalue weighted by atomic mass is 10.0. The average Bonchev–Trinajstić information content (AvgIpc) is 2.58. The number of oxazole rings is 1. The average molecular weight is 220 g/mol. The van der Waals surface area contributed by atoms with Crippen molar-refractivity contribution in [2.45, 2.75) is 25.9 Å². The van der Waals surface area contributed by atoms with Crippen LogP contribution in [-0.2, 0) is 6.42 Å². The number of aliphatic hydroxyl groups is 1. The van der Waals surface area contributed by atoms with Crippen molar-refractivity contribution in [2.75, 3.05) is 6.54 Å². The van der Waals surface area contributed by atoms with Crippen LogP contribution < -0.4 is 5.73 Å². The molecule has 4 heteroatoms. The number of aromatic nitrogens is 1. The number of fused-ring (bicyclic) bond motifs is 1. The van der Waals surface area contributed by atoms with Gasteiger partial charge < -0.3 is 15.3 Å². The summed E-state index contributed by atoms with van der Waals surface area (Å²) in [5.41, 5.74) is 7.19. The van der Waals surface area contributed by atoms with E-state index in [1.54, 1.807) is 6.92 Å². The highest BCUT2D eigenvalue weighted by molar-refractivity contribution is 5.73. The molecule has 1 aromatic carbocycles. The van der Waals surface area contributed by atoms with E-state index in [1.807, 2.05) is 25.1 Å². The number of benzene rings is 1. The van der Waals surface area contributed by atoms with Crippen molar-refractivity contribution in [1.82, 2.24) is 4.98 Å². The smallest absolute Gasteiger partial charge is 0.198 e. The first kappa shape index (κ1) is 11.1. The molecule has 2 rings (SSSR count). The van der Waals surface area contributed by atoms with Gasteiger partial charge in [-0.25, -0.2) is 4.98 Å². The van der Waals surface area contributed by atoms with E-state index in [4.69, 9.17) is 10.2 Å². The van der Waals surface area contributed by atoms with E-state index < -0.39 is 5.60 Å². The van der Waals surface area contributed by atoms with Crippen molar-refractivity contribution >= 4 is 11.1 Å². The molecule has 16 heavy (non-hydrogen) atoms. The zero-order valence-electron chi connectivity index (χ0n) is 9.53. The summed E-state index contributed by atoms with van der Waals surface area (Å²) in [6.07, 6.45) is 0.331. The van der Waals surface area contributed by atoms with Crippen LogP contribution in [0.15, 0.2) is 22.6 Å². The third-order valence-electron chi connectivity index (χ3n) is 2.56. The summed E-state index contributed by atoms with van der Waals surface area (Å²) in [5.74, 6) is 0.524. The molecular weight excluding hydrogens is 204 g/mol. The minimum atomic E-state index is -0.962. The summed E-state index contributed by atoms with van der Waals surface area (Å²) in [6.45, 7) is 3.86. The number of hydrogen-bond donors (Lipinski definition) is 2. The molecule has 0 aliphatic heterocycles. The van der Waals surface area contributed by atoms with Gasteiger partial charge in [-0.15, -0.1) is 0 Å². The number of aryl methyl sites for hydroxylation is 1. The van der Waals surface area contributed by atoms with Gasteiger partial charge in [0, 0.05) is 6.54 Å². The number of nitrogens with zero attached hydrogens (tertiary/aromatic N) is 1. The predicted octanol–water partition coefficient (Wildman–Crippen LogP) is 1.39. The molecular formula is C12H16N2O2. The summed E-state index contributed by atoms with van der Waals surface area (Å²) in [6, 6.07) is 5.82. The van der Waals surface area contributed by atoms with Crippen molar-refractivity contribution in [2.24, 2.45) is 5.73 Å². The van der Waals surface area contributed by atoms with E-state index in [-0.39, 0.29) is 6.54 Å². The third-order valence-corrected chi connectivity index (χ3v) is 2.56. The molecule has 0 amide bonds. The highest BCUT2D eigenvalue weighted by Gasteiger charge is 2.22. The molecule has 2 aromatic rings. The van der Waals surface area contributed by atoms with Gasteiger partial charge in [-0.1, -0.05) is 6.07 Å². The summed E-state index contributed by atoms with van der Waals surface area (Å²) in [5, 5.41) is 9.83. The van der Waals surface area contributed by atoms with Crippen LogP contribution in [0.3, 0.4) is 0 Å². The van der Waals surface area contributed by atoms with E-state index in [9.17, 15) is 5.11 Å². The Labute approximate surface area is 94.1 Å². The molecule has 0 saturated carbocycles. The lowest BCUT2D eigenvalue weighted by Crippen LogP contribution is -2.36. The van der Waals surface area contributed by atoms with Gasteiger partial charge >= 0.3 is 0 Å². The Balaban J connectivity index is 2.33. The van der Waals surface area contributed by atoms with E-state index in [1.165, 1.54) is 0 Å². The minimum absolute atomic E-state index is 0.185. The van der Waals surface area contributed by atoms with Gasteiger partial charge in [0.1, 0.15) is 5.52 Å². The van der Waals surface area contributed by atoms with Crippen molar-refractivity contribution in [3.05, 3.63) is 29.7 Å². The van der Waals surface area contributed by atoms with E-state index in [0.29, 0.717) is 12.3 Å². The maximum atomic E-state index is 9.83. The first-order valence-corrected chi connectivity index (χ1v) is 5.29. The summed E-state index contributed by atoms with van der Waals surface area (Å²) in [7, 11) is 0. The maximum Gasteiger partial charge on any atom is 0.198 e. The molecule has 4 nitrogen and oxygen atoms in total. The Bertz CT molecular complexity index is 503. The van der Waals surface area contributed by atoms with Gasteiger partial charge in [-0.3, -0.25) is 0 Å². The molecule has 86 valence electrons. The molecule has 0 spiro atoms. The molecule has 1 unspecified atom stereocenters. The van der Waals surface area contributed by atoms with Gasteiger partial charge in [0.2, 0.25) is 0 Å². The number of nitrogens with two attached hydrogens (primary N) is 1. The summed E-state index contributed by atoms with van der Waals surface area (Å²) >= 11 is 0. The van der Waals surface area contributed by atoms with Gasteiger partial charge in [-0.2, -0.15) is 0 Å². The molecule has 3 N–H and O–H groups in total. The topological polar surface area (TPSA) is 72.3 Å². The van der Waals surface area contributed by atoms with Gasteiger partial charge in [0.05, 0.1) is 12.0 Å². The van der Waals surface area contributed by atoms with Gasteiger partial charge in [-0.05, 0) is 31.5 Å². The van der Waals surface area contributed by atoms with Gasteiger partial charge in [0.15, 0.2) is 11.5 Å². The fourth-order valence-electron chi connectivity index (χ4n) is 1.56.